The van der Waals surface area contributed by atoms with Gasteiger partial charge in [0, 0.05) is 12.0 Å². The highest BCUT2D eigenvalue weighted by Gasteiger charge is 2.35. The van der Waals surface area contributed by atoms with Crippen LogP contribution in [0.3, 0.4) is 0 Å². The number of amides is 1. The Balaban J connectivity index is 1.74. The topological polar surface area (TPSA) is 62.2 Å². The first-order valence-electron chi connectivity index (χ1n) is 8.94. The molecule has 5 heteroatoms. The van der Waals surface area contributed by atoms with Gasteiger partial charge in [-0.15, -0.1) is 11.3 Å². The predicted octanol–water partition coefficient (Wildman–Crippen LogP) is 3.69. The zero-order valence-electron chi connectivity index (χ0n) is 15.0. The van der Waals surface area contributed by atoms with Crippen LogP contribution in [-0.2, 0) is 6.42 Å². The number of aromatic nitrogens is 1. The number of nitrogens with zero attached hydrogens (tertiary/aromatic N) is 1. The number of aryl methyl sites for hydroxylation is 1. The fourth-order valence-electron chi connectivity index (χ4n) is 3.27. The number of hydrogen-bond acceptors (Lipinski definition) is 4. The third kappa shape index (κ3) is 4.28. The van der Waals surface area contributed by atoms with Crippen molar-refractivity contribution in [3.05, 3.63) is 51.5 Å². The van der Waals surface area contributed by atoms with Crippen molar-refractivity contribution in [3.63, 3.8) is 0 Å². The predicted molar refractivity (Wildman–Crippen MR) is 101 cm³/mol. The maximum absolute atomic E-state index is 12.8. The fraction of sp³-hybridized carbons (Fsp3) is 0.500. The van der Waals surface area contributed by atoms with E-state index in [1.54, 1.807) is 0 Å². The van der Waals surface area contributed by atoms with Crippen LogP contribution in [0.1, 0.15) is 58.5 Å². The van der Waals surface area contributed by atoms with E-state index in [4.69, 9.17) is 0 Å². The number of aliphatic hydroxyl groups excluding tert-OH is 1. The minimum atomic E-state index is -0.224. The van der Waals surface area contributed by atoms with Crippen molar-refractivity contribution < 1.29 is 9.90 Å². The summed E-state index contributed by atoms with van der Waals surface area (Å²) in [5.41, 5.74) is 2.01. The van der Waals surface area contributed by atoms with Gasteiger partial charge in [0.15, 0.2) is 0 Å². The molecule has 1 aliphatic carbocycles. The van der Waals surface area contributed by atoms with Gasteiger partial charge in [-0.3, -0.25) is 4.79 Å². The first-order valence-corrected chi connectivity index (χ1v) is 9.76. The number of thiazole rings is 1. The molecular weight excluding hydrogens is 332 g/mol. The van der Waals surface area contributed by atoms with E-state index in [0.29, 0.717) is 16.7 Å². The van der Waals surface area contributed by atoms with Crippen molar-refractivity contribution >= 4 is 17.2 Å². The van der Waals surface area contributed by atoms with E-state index in [2.05, 4.69) is 36.3 Å². The Hall–Kier alpha value is -1.72. The maximum atomic E-state index is 12.8. The molecule has 1 aromatic carbocycles. The van der Waals surface area contributed by atoms with E-state index in [-0.39, 0.29) is 18.1 Å². The lowest BCUT2D eigenvalue weighted by atomic mass is 9.75. The summed E-state index contributed by atoms with van der Waals surface area (Å²) in [7, 11) is 0. The number of carbonyl (C=O) groups is 1. The van der Waals surface area contributed by atoms with Gasteiger partial charge in [-0.05, 0) is 37.7 Å². The number of hydrogen-bond donors (Lipinski definition) is 2. The summed E-state index contributed by atoms with van der Waals surface area (Å²) in [6, 6.07) is 10.3. The molecule has 3 rings (SSSR count). The Morgan fingerprint density at radius 3 is 2.56 bits per heavy atom. The highest BCUT2D eigenvalue weighted by Crippen LogP contribution is 2.32. The van der Waals surface area contributed by atoms with Gasteiger partial charge in [0.2, 0.25) is 0 Å². The average Bonchev–Trinajstić information content (AvgIpc) is 2.94. The van der Waals surface area contributed by atoms with Crippen molar-refractivity contribution in [2.45, 2.75) is 58.1 Å². The number of rotatable bonds is 6. The Labute approximate surface area is 153 Å². The lowest BCUT2D eigenvalue weighted by Crippen LogP contribution is -2.48. The number of benzene rings is 1. The Morgan fingerprint density at radius 2 is 2.00 bits per heavy atom. The molecule has 0 radical (unpaired) electrons. The number of carbonyl (C=O) groups excluding carboxylic acids is 1. The quantitative estimate of drug-likeness (QED) is 0.828. The van der Waals surface area contributed by atoms with E-state index < -0.39 is 0 Å². The molecule has 4 nitrogen and oxygen atoms in total. The third-order valence-corrected chi connectivity index (χ3v) is 6.30. The smallest absolute Gasteiger partial charge is 0.263 e. The molecule has 1 aromatic heterocycles. The SMILES string of the molecule is Cc1nc(C(C)C)sc1C(=O)NC(Cc1ccccc1)C1CC(O)C1. The summed E-state index contributed by atoms with van der Waals surface area (Å²) in [4.78, 5) is 18.1. The van der Waals surface area contributed by atoms with Gasteiger partial charge in [-0.2, -0.15) is 0 Å². The average molecular weight is 359 g/mol. The Morgan fingerprint density at radius 1 is 1.32 bits per heavy atom. The lowest BCUT2D eigenvalue weighted by Gasteiger charge is -2.38. The first-order chi connectivity index (χ1) is 11.9. The molecule has 1 unspecified atom stereocenters. The summed E-state index contributed by atoms with van der Waals surface area (Å²) in [6.45, 7) is 6.08. The summed E-state index contributed by atoms with van der Waals surface area (Å²) >= 11 is 1.49. The minimum Gasteiger partial charge on any atom is -0.393 e. The van der Waals surface area contributed by atoms with Gasteiger partial charge in [0.1, 0.15) is 4.88 Å². The second kappa shape index (κ2) is 7.67. The van der Waals surface area contributed by atoms with Crippen LogP contribution in [0.25, 0.3) is 0 Å². The van der Waals surface area contributed by atoms with Crippen LogP contribution in [0.4, 0.5) is 0 Å². The van der Waals surface area contributed by atoms with Crippen molar-refractivity contribution in [2.24, 2.45) is 5.92 Å². The molecule has 1 atom stereocenters. The maximum Gasteiger partial charge on any atom is 0.263 e. The van der Waals surface area contributed by atoms with Crippen LogP contribution < -0.4 is 5.32 Å². The van der Waals surface area contributed by atoms with E-state index in [1.807, 2.05) is 25.1 Å². The van der Waals surface area contributed by atoms with E-state index in [0.717, 1.165) is 30.0 Å². The van der Waals surface area contributed by atoms with Crippen LogP contribution in [0.5, 0.6) is 0 Å². The van der Waals surface area contributed by atoms with E-state index in [1.165, 1.54) is 16.9 Å². The minimum absolute atomic E-state index is 0.0378. The molecule has 1 aliphatic rings. The molecular formula is C20H26N2O2S. The molecule has 134 valence electrons. The molecule has 0 aliphatic heterocycles. The van der Waals surface area contributed by atoms with Crippen LogP contribution in [0.2, 0.25) is 0 Å². The molecule has 0 bridgehead atoms. The Kier molecular flexibility index (Phi) is 5.54. The van der Waals surface area contributed by atoms with Gasteiger partial charge in [-0.25, -0.2) is 4.98 Å². The van der Waals surface area contributed by atoms with Gasteiger partial charge in [0.05, 0.1) is 16.8 Å². The number of aliphatic hydroxyl groups is 1. The zero-order chi connectivity index (χ0) is 18.0. The second-order valence-electron chi connectivity index (χ2n) is 7.28. The molecule has 2 N–H and O–H groups in total. The summed E-state index contributed by atoms with van der Waals surface area (Å²) < 4.78 is 0. The normalized spacial score (nSPS) is 21.0. The molecule has 1 amide bonds. The van der Waals surface area contributed by atoms with Crippen molar-refractivity contribution in [1.29, 1.82) is 0 Å². The summed E-state index contributed by atoms with van der Waals surface area (Å²) in [5, 5.41) is 13.9. The van der Waals surface area contributed by atoms with Crippen LogP contribution in [-0.4, -0.2) is 28.1 Å². The van der Waals surface area contributed by atoms with Gasteiger partial charge in [0.25, 0.3) is 5.91 Å². The van der Waals surface area contributed by atoms with Crippen LogP contribution in [0, 0.1) is 12.8 Å². The van der Waals surface area contributed by atoms with Crippen LogP contribution in [0.15, 0.2) is 30.3 Å². The lowest BCUT2D eigenvalue weighted by molar-refractivity contribution is 0.0239. The van der Waals surface area contributed by atoms with Crippen LogP contribution >= 0.6 is 11.3 Å². The van der Waals surface area contributed by atoms with Crippen molar-refractivity contribution in [3.8, 4) is 0 Å². The highest BCUT2D eigenvalue weighted by atomic mass is 32.1. The van der Waals surface area contributed by atoms with Gasteiger partial charge in [-0.1, -0.05) is 44.2 Å². The summed E-state index contributed by atoms with van der Waals surface area (Å²) in [5.74, 6) is 0.619. The zero-order valence-corrected chi connectivity index (χ0v) is 15.8. The molecule has 25 heavy (non-hydrogen) atoms. The van der Waals surface area contributed by atoms with Crippen molar-refractivity contribution in [1.82, 2.24) is 10.3 Å². The Bertz CT molecular complexity index is 721. The van der Waals surface area contributed by atoms with E-state index >= 15 is 0 Å². The molecule has 1 saturated carbocycles. The third-order valence-electron chi connectivity index (χ3n) is 4.85. The largest absolute Gasteiger partial charge is 0.393 e. The first kappa shape index (κ1) is 18.1. The molecule has 1 fully saturated rings. The molecule has 2 aromatic rings. The van der Waals surface area contributed by atoms with Gasteiger partial charge < -0.3 is 10.4 Å². The van der Waals surface area contributed by atoms with Crippen molar-refractivity contribution in [2.75, 3.05) is 0 Å². The monoisotopic (exact) mass is 358 g/mol. The fourth-order valence-corrected chi connectivity index (χ4v) is 4.24. The van der Waals surface area contributed by atoms with E-state index in [9.17, 15) is 9.90 Å². The summed E-state index contributed by atoms with van der Waals surface area (Å²) in [6.07, 6.45) is 2.09. The number of nitrogens with one attached hydrogen (secondary N) is 1. The molecule has 0 saturated heterocycles. The highest BCUT2D eigenvalue weighted by molar-refractivity contribution is 7.13. The standard InChI is InChI=1S/C20H26N2O2S/c1-12(2)20-21-13(3)18(25-20)19(24)22-17(15-10-16(23)11-15)9-14-7-5-4-6-8-14/h4-8,12,15-17,23H,9-11H2,1-3H3,(H,22,24). The second-order valence-corrected chi connectivity index (χ2v) is 8.31. The molecule has 1 heterocycles. The molecule has 0 spiro atoms. The van der Waals surface area contributed by atoms with Gasteiger partial charge >= 0.3 is 0 Å².